The van der Waals surface area contributed by atoms with Crippen LogP contribution in [0.4, 0.5) is 11.6 Å². The molecule has 0 aliphatic rings. The molecule has 0 aliphatic heterocycles. The van der Waals surface area contributed by atoms with Crippen molar-refractivity contribution in [3.05, 3.63) is 72.7 Å². The van der Waals surface area contributed by atoms with Gasteiger partial charge in [-0.1, -0.05) is 30.3 Å². The lowest BCUT2D eigenvalue weighted by Crippen LogP contribution is -2.28. The summed E-state index contributed by atoms with van der Waals surface area (Å²) in [6.45, 7) is 7.70. The molecule has 8 heteroatoms. The number of aromatic nitrogens is 4. The van der Waals surface area contributed by atoms with Gasteiger partial charge in [0.05, 0.1) is 17.1 Å². The average Bonchev–Trinajstić information content (AvgIpc) is 3.21. The number of nitrogens with zero attached hydrogens (tertiary/aromatic N) is 4. The second-order valence-corrected chi connectivity index (χ2v) is 8.77. The second-order valence-electron chi connectivity index (χ2n) is 8.77. The van der Waals surface area contributed by atoms with Crippen molar-refractivity contribution >= 4 is 28.6 Å². The van der Waals surface area contributed by atoms with Gasteiger partial charge in [0.2, 0.25) is 5.95 Å². The summed E-state index contributed by atoms with van der Waals surface area (Å²) in [5.41, 5.74) is 3.13. The number of carbonyl (C=O) groups excluding carboxylic acids is 1. The van der Waals surface area contributed by atoms with Gasteiger partial charge in [-0.15, -0.1) is 0 Å². The van der Waals surface area contributed by atoms with E-state index < -0.39 is 5.60 Å². The van der Waals surface area contributed by atoms with Crippen molar-refractivity contribution in [2.45, 2.75) is 39.3 Å². The van der Waals surface area contributed by atoms with Crippen LogP contribution in [0.2, 0.25) is 0 Å². The molecule has 2 N–H and O–H groups in total. The van der Waals surface area contributed by atoms with Crippen LogP contribution in [0, 0.1) is 0 Å². The Bertz CT molecular complexity index is 1250. The number of benzene rings is 2. The lowest BCUT2D eigenvalue weighted by molar-refractivity contribution is -0.152. The number of fused-ring (bicyclic) bond motifs is 1. The maximum atomic E-state index is 12.0. The Balaban J connectivity index is 1.49. The first-order chi connectivity index (χ1) is 15.8. The molecule has 2 aromatic carbocycles. The minimum atomic E-state index is -0.508. The summed E-state index contributed by atoms with van der Waals surface area (Å²) in [5, 5.41) is 6.45. The molecular weight excluding hydrogens is 416 g/mol. The maximum absolute atomic E-state index is 12.0. The van der Waals surface area contributed by atoms with Crippen LogP contribution in [-0.2, 0) is 9.53 Å². The zero-order chi connectivity index (χ0) is 23.4. The number of hydrogen-bond donors (Lipinski definition) is 2. The lowest BCUT2D eigenvalue weighted by Gasteiger charge is -2.19. The minimum Gasteiger partial charge on any atom is -0.459 e. The molecule has 0 bridgehead atoms. The highest BCUT2D eigenvalue weighted by Crippen LogP contribution is 2.22. The zero-order valence-corrected chi connectivity index (χ0v) is 19.2. The third-order valence-corrected chi connectivity index (χ3v) is 4.94. The molecule has 0 spiro atoms. The molecule has 0 aliphatic carbocycles. The molecule has 4 aromatic rings. The van der Waals surface area contributed by atoms with E-state index in [9.17, 15) is 4.79 Å². The molecule has 2 aromatic heterocycles. The molecule has 0 unspecified atom stereocenters. The van der Waals surface area contributed by atoms with Crippen LogP contribution in [0.25, 0.3) is 16.9 Å². The number of carbonyl (C=O) groups is 1. The molecule has 8 nitrogen and oxygen atoms in total. The van der Waals surface area contributed by atoms with Gasteiger partial charge < -0.3 is 15.4 Å². The Morgan fingerprint density at radius 3 is 2.64 bits per heavy atom. The summed E-state index contributed by atoms with van der Waals surface area (Å²) in [6, 6.07) is 17.8. The number of anilines is 2. The first-order valence-electron chi connectivity index (χ1n) is 10.9. The normalized spacial score (nSPS) is 12.4. The van der Waals surface area contributed by atoms with Gasteiger partial charge in [0.1, 0.15) is 24.3 Å². The number of hydrogen-bond acceptors (Lipinski definition) is 7. The molecule has 4 rings (SSSR count). The van der Waals surface area contributed by atoms with Crippen LogP contribution in [-0.4, -0.2) is 37.6 Å². The summed E-state index contributed by atoms with van der Waals surface area (Å²) in [7, 11) is 0. The summed E-state index contributed by atoms with van der Waals surface area (Å²) < 4.78 is 7.24. The Labute approximate surface area is 193 Å². The largest absolute Gasteiger partial charge is 0.459 e. The molecule has 0 amide bonds. The van der Waals surface area contributed by atoms with Crippen molar-refractivity contribution in [2.24, 2.45) is 0 Å². The van der Waals surface area contributed by atoms with E-state index in [1.165, 1.54) is 0 Å². The van der Waals surface area contributed by atoms with Gasteiger partial charge in [-0.3, -0.25) is 9.36 Å². The van der Waals surface area contributed by atoms with Crippen molar-refractivity contribution in [3.8, 4) is 5.82 Å². The third kappa shape index (κ3) is 5.65. The fourth-order valence-corrected chi connectivity index (χ4v) is 3.43. The fourth-order valence-electron chi connectivity index (χ4n) is 3.43. The van der Waals surface area contributed by atoms with E-state index in [0.717, 1.165) is 22.3 Å². The SMILES string of the molecule is C[C@H](Nc1nccc(-n2cnc3cc(NCC(=O)OC(C)(C)C)ccc32)n1)c1ccccc1. The maximum Gasteiger partial charge on any atom is 0.325 e. The van der Waals surface area contributed by atoms with Gasteiger partial charge in [0.15, 0.2) is 0 Å². The molecule has 170 valence electrons. The fraction of sp³-hybridized carbons (Fsp3) is 0.280. The van der Waals surface area contributed by atoms with E-state index in [2.05, 4.69) is 44.6 Å². The standard InChI is InChI=1S/C25H28N6O2/c1-17(18-8-6-5-7-9-18)29-24-26-13-12-22(30-24)31-16-28-20-14-19(10-11-21(20)31)27-15-23(32)33-25(2,3)4/h5-14,16-17,27H,15H2,1-4H3,(H,26,29,30)/t17-/m0/s1. The van der Waals surface area contributed by atoms with E-state index in [1.54, 1.807) is 12.5 Å². The van der Waals surface area contributed by atoms with E-state index in [0.29, 0.717) is 11.8 Å². The van der Waals surface area contributed by atoms with Gasteiger partial charge >= 0.3 is 5.97 Å². The van der Waals surface area contributed by atoms with Crippen molar-refractivity contribution < 1.29 is 9.53 Å². The predicted octanol–water partition coefficient (Wildman–Crippen LogP) is 4.74. The number of nitrogens with one attached hydrogen (secondary N) is 2. The second kappa shape index (κ2) is 9.28. The van der Waals surface area contributed by atoms with Crippen molar-refractivity contribution in [2.75, 3.05) is 17.2 Å². The topological polar surface area (TPSA) is 94.0 Å². The molecule has 0 saturated carbocycles. The van der Waals surface area contributed by atoms with Gasteiger partial charge in [-0.2, -0.15) is 4.98 Å². The molecular formula is C25H28N6O2. The Hall–Kier alpha value is -3.94. The summed E-state index contributed by atoms with van der Waals surface area (Å²) in [4.78, 5) is 25.5. The zero-order valence-electron chi connectivity index (χ0n) is 19.2. The monoisotopic (exact) mass is 444 g/mol. The Morgan fingerprint density at radius 1 is 1.09 bits per heavy atom. The smallest absolute Gasteiger partial charge is 0.325 e. The Kier molecular flexibility index (Phi) is 6.26. The summed E-state index contributed by atoms with van der Waals surface area (Å²) in [5.74, 6) is 0.949. The molecule has 33 heavy (non-hydrogen) atoms. The highest BCUT2D eigenvalue weighted by molar-refractivity contribution is 5.82. The molecule has 1 atom stereocenters. The van der Waals surface area contributed by atoms with Gasteiger partial charge in [0, 0.05) is 11.9 Å². The van der Waals surface area contributed by atoms with Crippen LogP contribution < -0.4 is 10.6 Å². The van der Waals surface area contributed by atoms with Crippen molar-refractivity contribution in [1.82, 2.24) is 19.5 Å². The number of rotatable bonds is 7. The first-order valence-corrected chi connectivity index (χ1v) is 10.9. The number of ether oxygens (including phenoxy) is 1. The minimum absolute atomic E-state index is 0.0691. The quantitative estimate of drug-likeness (QED) is 0.398. The van der Waals surface area contributed by atoms with Crippen molar-refractivity contribution in [1.29, 1.82) is 0 Å². The highest BCUT2D eigenvalue weighted by atomic mass is 16.6. The van der Waals surface area contributed by atoms with Crippen LogP contribution in [0.15, 0.2) is 67.1 Å². The third-order valence-electron chi connectivity index (χ3n) is 4.94. The van der Waals surface area contributed by atoms with Crippen LogP contribution in [0.1, 0.15) is 39.3 Å². The summed E-state index contributed by atoms with van der Waals surface area (Å²) in [6.07, 6.45) is 3.46. The van der Waals surface area contributed by atoms with E-state index >= 15 is 0 Å². The van der Waals surface area contributed by atoms with E-state index in [-0.39, 0.29) is 18.6 Å². The molecule has 0 radical (unpaired) electrons. The van der Waals surface area contributed by atoms with Crippen LogP contribution in [0.3, 0.4) is 0 Å². The average molecular weight is 445 g/mol. The lowest BCUT2D eigenvalue weighted by atomic mass is 10.1. The van der Waals surface area contributed by atoms with E-state index in [4.69, 9.17) is 4.74 Å². The number of esters is 1. The van der Waals surface area contributed by atoms with Gasteiger partial charge in [-0.05, 0) is 57.5 Å². The summed E-state index contributed by atoms with van der Waals surface area (Å²) >= 11 is 0. The number of imidazole rings is 1. The predicted molar refractivity (Wildman–Crippen MR) is 129 cm³/mol. The van der Waals surface area contributed by atoms with Gasteiger partial charge in [-0.25, -0.2) is 9.97 Å². The van der Waals surface area contributed by atoms with Crippen LogP contribution in [0.5, 0.6) is 0 Å². The Morgan fingerprint density at radius 2 is 1.88 bits per heavy atom. The van der Waals surface area contributed by atoms with E-state index in [1.807, 2.05) is 67.8 Å². The first kappa shape index (κ1) is 22.3. The van der Waals surface area contributed by atoms with Crippen molar-refractivity contribution in [3.63, 3.8) is 0 Å². The molecule has 2 heterocycles. The van der Waals surface area contributed by atoms with Gasteiger partial charge in [0.25, 0.3) is 0 Å². The molecule has 0 fully saturated rings. The van der Waals surface area contributed by atoms with Crippen LogP contribution >= 0.6 is 0 Å². The highest BCUT2D eigenvalue weighted by Gasteiger charge is 2.16. The molecule has 0 saturated heterocycles.